The van der Waals surface area contributed by atoms with Crippen molar-refractivity contribution >= 4 is 38.9 Å². The van der Waals surface area contributed by atoms with Crippen LogP contribution in [0, 0.1) is 0 Å². The molecule has 0 aliphatic carbocycles. The van der Waals surface area contributed by atoms with Crippen LogP contribution in [0.1, 0.15) is 4.88 Å². The van der Waals surface area contributed by atoms with Gasteiger partial charge in [-0.15, -0.1) is 11.3 Å². The first-order valence-corrected chi connectivity index (χ1v) is 8.10. The maximum absolute atomic E-state index is 5.36. The molecule has 0 saturated carbocycles. The molecule has 1 aliphatic rings. The first-order chi connectivity index (χ1) is 9.83. The highest BCUT2D eigenvalue weighted by Crippen LogP contribution is 2.24. The molecule has 0 unspecified atom stereocenters. The quantitative estimate of drug-likeness (QED) is 0.914. The van der Waals surface area contributed by atoms with Crippen molar-refractivity contribution in [1.29, 1.82) is 0 Å². The second-order valence-electron chi connectivity index (χ2n) is 4.41. The standard InChI is InChI=1S/C13H15BrN4OS/c14-10-1-6-20-11(10)8-15-12-7-13(17-9-16-12)18-2-4-19-5-3-18/h1,6-7,9H,2-5,8H2,(H,15,16,17). The molecular weight excluding hydrogens is 340 g/mol. The number of hydrogen-bond acceptors (Lipinski definition) is 6. The van der Waals surface area contributed by atoms with Crippen molar-refractivity contribution in [2.75, 3.05) is 36.5 Å². The van der Waals surface area contributed by atoms with Gasteiger partial charge in [0.25, 0.3) is 0 Å². The molecule has 2 aromatic rings. The predicted molar refractivity (Wildman–Crippen MR) is 84.4 cm³/mol. The van der Waals surface area contributed by atoms with Gasteiger partial charge in [-0.25, -0.2) is 9.97 Å². The van der Waals surface area contributed by atoms with Gasteiger partial charge in [0, 0.05) is 28.5 Å². The number of nitrogens with one attached hydrogen (secondary N) is 1. The lowest BCUT2D eigenvalue weighted by atomic mass is 10.4. The molecule has 1 fully saturated rings. The van der Waals surface area contributed by atoms with Crippen molar-refractivity contribution in [3.63, 3.8) is 0 Å². The molecule has 3 rings (SSSR count). The highest BCUT2D eigenvalue weighted by Gasteiger charge is 2.13. The van der Waals surface area contributed by atoms with E-state index in [9.17, 15) is 0 Å². The summed E-state index contributed by atoms with van der Waals surface area (Å²) in [5, 5.41) is 5.41. The Hall–Kier alpha value is -1.18. The zero-order valence-electron chi connectivity index (χ0n) is 10.9. The van der Waals surface area contributed by atoms with Crippen molar-refractivity contribution in [2.45, 2.75) is 6.54 Å². The molecule has 1 N–H and O–H groups in total. The fourth-order valence-corrected chi connectivity index (χ4v) is 3.46. The largest absolute Gasteiger partial charge is 0.378 e. The zero-order chi connectivity index (χ0) is 13.8. The summed E-state index contributed by atoms with van der Waals surface area (Å²) in [4.78, 5) is 12.1. The van der Waals surface area contributed by atoms with Gasteiger partial charge in [0.1, 0.15) is 18.0 Å². The van der Waals surface area contributed by atoms with E-state index in [1.165, 1.54) is 4.88 Å². The molecule has 1 saturated heterocycles. The van der Waals surface area contributed by atoms with Crippen molar-refractivity contribution < 1.29 is 4.74 Å². The molecule has 2 aromatic heterocycles. The number of morpholine rings is 1. The lowest BCUT2D eigenvalue weighted by Crippen LogP contribution is -2.36. The Morgan fingerprint density at radius 1 is 1.35 bits per heavy atom. The normalized spacial score (nSPS) is 15.3. The maximum Gasteiger partial charge on any atom is 0.134 e. The number of halogens is 1. The lowest BCUT2D eigenvalue weighted by molar-refractivity contribution is 0.122. The Bertz CT molecular complexity index is 571. The minimum atomic E-state index is 0.759. The number of hydrogen-bond donors (Lipinski definition) is 1. The summed E-state index contributed by atoms with van der Waals surface area (Å²) in [6.45, 7) is 4.04. The number of nitrogens with zero attached hydrogens (tertiary/aromatic N) is 3. The molecule has 3 heterocycles. The Balaban J connectivity index is 1.66. The summed E-state index contributed by atoms with van der Waals surface area (Å²) in [5.41, 5.74) is 0. The van der Waals surface area contributed by atoms with Crippen molar-refractivity contribution in [2.24, 2.45) is 0 Å². The van der Waals surface area contributed by atoms with E-state index in [2.05, 4.69) is 47.6 Å². The van der Waals surface area contributed by atoms with Gasteiger partial charge in [-0.05, 0) is 27.4 Å². The van der Waals surface area contributed by atoms with Gasteiger partial charge in [-0.2, -0.15) is 0 Å². The van der Waals surface area contributed by atoms with Gasteiger partial charge in [-0.3, -0.25) is 0 Å². The number of aromatic nitrogens is 2. The van der Waals surface area contributed by atoms with Crippen molar-refractivity contribution in [1.82, 2.24) is 9.97 Å². The molecule has 7 heteroatoms. The third-order valence-corrected chi connectivity index (χ3v) is 5.04. The second kappa shape index (κ2) is 6.51. The van der Waals surface area contributed by atoms with Gasteiger partial charge < -0.3 is 15.0 Å². The van der Waals surface area contributed by atoms with Crippen LogP contribution in [0.5, 0.6) is 0 Å². The van der Waals surface area contributed by atoms with Crippen LogP contribution in [-0.4, -0.2) is 36.3 Å². The molecule has 0 spiro atoms. The highest BCUT2D eigenvalue weighted by atomic mass is 79.9. The zero-order valence-corrected chi connectivity index (χ0v) is 13.3. The van der Waals surface area contributed by atoms with Gasteiger partial charge >= 0.3 is 0 Å². The van der Waals surface area contributed by atoms with Gasteiger partial charge in [-0.1, -0.05) is 0 Å². The molecule has 1 aliphatic heterocycles. The van der Waals surface area contributed by atoms with E-state index < -0.39 is 0 Å². The molecule has 0 aromatic carbocycles. The summed E-state index contributed by atoms with van der Waals surface area (Å²) in [7, 11) is 0. The molecule has 20 heavy (non-hydrogen) atoms. The molecule has 0 amide bonds. The first kappa shape index (κ1) is 13.8. The van der Waals surface area contributed by atoms with Gasteiger partial charge in [0.05, 0.1) is 19.8 Å². The van der Waals surface area contributed by atoms with Gasteiger partial charge in [0.15, 0.2) is 0 Å². The van der Waals surface area contributed by atoms with E-state index in [1.807, 2.05) is 6.07 Å². The van der Waals surface area contributed by atoms with Crippen LogP contribution < -0.4 is 10.2 Å². The van der Waals surface area contributed by atoms with Crippen LogP contribution in [0.25, 0.3) is 0 Å². The second-order valence-corrected chi connectivity index (χ2v) is 6.26. The number of ether oxygens (including phenoxy) is 1. The fraction of sp³-hybridized carbons (Fsp3) is 0.385. The van der Waals surface area contributed by atoms with Gasteiger partial charge in [0.2, 0.25) is 0 Å². The van der Waals surface area contributed by atoms with Crippen LogP contribution in [0.4, 0.5) is 11.6 Å². The molecule has 5 nitrogen and oxygen atoms in total. The molecule has 106 valence electrons. The molecule has 0 atom stereocenters. The van der Waals surface area contributed by atoms with E-state index in [4.69, 9.17) is 4.74 Å². The summed E-state index contributed by atoms with van der Waals surface area (Å²) in [5.74, 6) is 1.80. The third kappa shape index (κ3) is 3.28. The van der Waals surface area contributed by atoms with Crippen LogP contribution >= 0.6 is 27.3 Å². The van der Waals surface area contributed by atoms with Crippen LogP contribution in [-0.2, 0) is 11.3 Å². The fourth-order valence-electron chi connectivity index (χ4n) is 2.03. The summed E-state index contributed by atoms with van der Waals surface area (Å²) in [6, 6.07) is 4.05. The lowest BCUT2D eigenvalue weighted by Gasteiger charge is -2.27. The number of thiophene rings is 1. The monoisotopic (exact) mass is 354 g/mol. The maximum atomic E-state index is 5.36. The Labute approximate surface area is 130 Å². The SMILES string of the molecule is Brc1ccsc1CNc1cc(N2CCOCC2)ncn1. The Morgan fingerprint density at radius 3 is 2.95 bits per heavy atom. The minimum Gasteiger partial charge on any atom is -0.378 e. The van der Waals surface area contributed by atoms with E-state index in [1.54, 1.807) is 17.7 Å². The molecular formula is C13H15BrN4OS. The first-order valence-electron chi connectivity index (χ1n) is 6.43. The Morgan fingerprint density at radius 2 is 2.20 bits per heavy atom. The van der Waals surface area contributed by atoms with Crippen LogP contribution in [0.2, 0.25) is 0 Å². The molecule has 0 radical (unpaired) electrons. The van der Waals surface area contributed by atoms with E-state index in [0.717, 1.165) is 49.0 Å². The summed E-state index contributed by atoms with van der Waals surface area (Å²) >= 11 is 5.25. The molecule has 0 bridgehead atoms. The van der Waals surface area contributed by atoms with Crippen LogP contribution in [0.3, 0.4) is 0 Å². The smallest absolute Gasteiger partial charge is 0.134 e. The summed E-state index contributed by atoms with van der Waals surface area (Å²) < 4.78 is 6.49. The predicted octanol–water partition coefficient (Wildman–Crippen LogP) is 2.75. The van der Waals surface area contributed by atoms with Crippen molar-refractivity contribution in [3.8, 4) is 0 Å². The van der Waals surface area contributed by atoms with Crippen LogP contribution in [0.15, 0.2) is 28.3 Å². The number of rotatable bonds is 4. The average Bonchev–Trinajstić information content (AvgIpc) is 2.92. The Kier molecular flexibility index (Phi) is 4.49. The van der Waals surface area contributed by atoms with E-state index in [-0.39, 0.29) is 0 Å². The highest BCUT2D eigenvalue weighted by molar-refractivity contribution is 9.10. The number of anilines is 2. The summed E-state index contributed by atoms with van der Waals surface area (Å²) in [6.07, 6.45) is 1.61. The van der Waals surface area contributed by atoms with E-state index >= 15 is 0 Å². The third-order valence-electron chi connectivity index (χ3n) is 3.11. The van der Waals surface area contributed by atoms with Crippen molar-refractivity contribution in [3.05, 3.63) is 33.2 Å². The minimum absolute atomic E-state index is 0.759. The topological polar surface area (TPSA) is 50.3 Å². The van der Waals surface area contributed by atoms with E-state index in [0.29, 0.717) is 0 Å². The average molecular weight is 355 g/mol.